The third kappa shape index (κ3) is 2.13. The summed E-state index contributed by atoms with van der Waals surface area (Å²) in [6.45, 7) is 0. The molecular formula is C16H13BrN2. The third-order valence-corrected chi connectivity index (χ3v) is 4.11. The van der Waals surface area contributed by atoms with Crippen molar-refractivity contribution in [1.29, 1.82) is 5.26 Å². The molecule has 0 saturated heterocycles. The van der Waals surface area contributed by atoms with Crippen LogP contribution in [0.5, 0.6) is 0 Å². The molecule has 0 amide bonds. The van der Waals surface area contributed by atoms with Gasteiger partial charge in [-0.3, -0.25) is 0 Å². The molecule has 0 aliphatic heterocycles. The van der Waals surface area contributed by atoms with E-state index in [-0.39, 0.29) is 0 Å². The highest BCUT2D eigenvalue weighted by atomic mass is 79.9. The van der Waals surface area contributed by atoms with Gasteiger partial charge < -0.3 is 5.32 Å². The normalized spacial score (nSPS) is 20.6. The molecule has 1 aliphatic rings. The number of anilines is 1. The van der Waals surface area contributed by atoms with Crippen molar-refractivity contribution in [2.45, 2.75) is 18.4 Å². The zero-order chi connectivity index (χ0) is 13.3. The van der Waals surface area contributed by atoms with Crippen LogP contribution < -0.4 is 5.32 Å². The molecule has 0 heterocycles. The quantitative estimate of drug-likeness (QED) is 0.901. The van der Waals surface area contributed by atoms with Crippen molar-refractivity contribution in [1.82, 2.24) is 0 Å². The van der Waals surface area contributed by atoms with Crippen LogP contribution in [0.25, 0.3) is 0 Å². The summed E-state index contributed by atoms with van der Waals surface area (Å²) < 4.78 is 1.01. The van der Waals surface area contributed by atoms with Gasteiger partial charge in [-0.25, -0.2) is 0 Å². The van der Waals surface area contributed by atoms with Gasteiger partial charge in [0.05, 0.1) is 6.07 Å². The summed E-state index contributed by atoms with van der Waals surface area (Å²) in [4.78, 5) is 0. The number of aryl methyl sites for hydroxylation is 1. The second kappa shape index (κ2) is 4.71. The highest BCUT2D eigenvalue weighted by molar-refractivity contribution is 9.10. The lowest BCUT2D eigenvalue weighted by Gasteiger charge is -2.25. The van der Waals surface area contributed by atoms with Crippen molar-refractivity contribution in [2.24, 2.45) is 0 Å². The molecule has 0 saturated carbocycles. The molecule has 2 aromatic rings. The average molecular weight is 313 g/mol. The van der Waals surface area contributed by atoms with Crippen LogP contribution >= 0.6 is 15.9 Å². The first-order chi connectivity index (χ1) is 9.23. The number of rotatable bonds is 2. The van der Waals surface area contributed by atoms with E-state index in [0.717, 1.165) is 28.6 Å². The van der Waals surface area contributed by atoms with Crippen LogP contribution in [0.4, 0.5) is 5.69 Å². The Morgan fingerprint density at radius 3 is 2.79 bits per heavy atom. The van der Waals surface area contributed by atoms with Crippen LogP contribution in [0, 0.1) is 11.3 Å². The van der Waals surface area contributed by atoms with Crippen LogP contribution in [0.3, 0.4) is 0 Å². The smallest absolute Gasteiger partial charge is 0.151 e. The van der Waals surface area contributed by atoms with Crippen LogP contribution in [-0.4, -0.2) is 0 Å². The lowest BCUT2D eigenvalue weighted by atomic mass is 9.93. The molecule has 19 heavy (non-hydrogen) atoms. The van der Waals surface area contributed by atoms with Gasteiger partial charge in [-0.2, -0.15) is 5.26 Å². The predicted molar refractivity (Wildman–Crippen MR) is 79.8 cm³/mol. The van der Waals surface area contributed by atoms with Gasteiger partial charge in [0.15, 0.2) is 5.54 Å². The Morgan fingerprint density at radius 2 is 2.00 bits per heavy atom. The Bertz CT molecular complexity index is 660. The van der Waals surface area contributed by atoms with E-state index >= 15 is 0 Å². The van der Waals surface area contributed by atoms with Crippen molar-refractivity contribution in [3.05, 3.63) is 64.1 Å². The number of halogens is 1. The SMILES string of the molecule is N#CC1(Nc2cccc(Br)c2)CCc2ccccc21. The molecular weight excluding hydrogens is 300 g/mol. The Morgan fingerprint density at radius 1 is 1.16 bits per heavy atom. The first-order valence-electron chi connectivity index (χ1n) is 6.27. The molecule has 0 radical (unpaired) electrons. The van der Waals surface area contributed by atoms with E-state index in [4.69, 9.17) is 0 Å². The molecule has 0 spiro atoms. The van der Waals surface area contributed by atoms with Gasteiger partial charge in [0.25, 0.3) is 0 Å². The van der Waals surface area contributed by atoms with Crippen molar-refractivity contribution in [3.63, 3.8) is 0 Å². The van der Waals surface area contributed by atoms with Crippen molar-refractivity contribution < 1.29 is 0 Å². The van der Waals surface area contributed by atoms with E-state index < -0.39 is 5.54 Å². The zero-order valence-corrected chi connectivity index (χ0v) is 11.9. The van der Waals surface area contributed by atoms with Crippen LogP contribution in [0.2, 0.25) is 0 Å². The Labute approximate surface area is 121 Å². The Hall–Kier alpha value is -1.79. The molecule has 0 aromatic heterocycles. The minimum Gasteiger partial charge on any atom is -0.364 e. The predicted octanol–water partition coefficient (Wildman–Crippen LogP) is 4.23. The summed E-state index contributed by atoms with van der Waals surface area (Å²) in [7, 11) is 0. The number of hydrogen-bond donors (Lipinski definition) is 1. The van der Waals surface area contributed by atoms with Gasteiger partial charge in [-0.15, -0.1) is 0 Å². The fourth-order valence-electron chi connectivity index (χ4n) is 2.70. The topological polar surface area (TPSA) is 35.8 Å². The summed E-state index contributed by atoms with van der Waals surface area (Å²) in [5.74, 6) is 0. The van der Waals surface area contributed by atoms with Gasteiger partial charge in [0, 0.05) is 10.2 Å². The molecule has 2 aromatic carbocycles. The molecule has 1 unspecified atom stereocenters. The lowest BCUT2D eigenvalue weighted by molar-refractivity contribution is 0.621. The molecule has 2 nitrogen and oxygen atoms in total. The van der Waals surface area contributed by atoms with E-state index in [9.17, 15) is 5.26 Å². The first-order valence-corrected chi connectivity index (χ1v) is 7.06. The number of hydrogen-bond acceptors (Lipinski definition) is 2. The minimum absolute atomic E-state index is 0.600. The fraction of sp³-hybridized carbons (Fsp3) is 0.188. The van der Waals surface area contributed by atoms with Gasteiger partial charge in [0.2, 0.25) is 0 Å². The first kappa shape index (κ1) is 12.3. The fourth-order valence-corrected chi connectivity index (χ4v) is 3.10. The largest absolute Gasteiger partial charge is 0.364 e. The third-order valence-electron chi connectivity index (χ3n) is 3.62. The van der Waals surface area contributed by atoms with Crippen molar-refractivity contribution in [3.8, 4) is 6.07 Å². The number of fused-ring (bicyclic) bond motifs is 1. The van der Waals surface area contributed by atoms with E-state index in [0.29, 0.717) is 0 Å². The summed E-state index contributed by atoms with van der Waals surface area (Å²) in [6.07, 6.45) is 1.76. The molecule has 1 atom stereocenters. The van der Waals surface area contributed by atoms with Crippen LogP contribution in [0.15, 0.2) is 53.0 Å². The van der Waals surface area contributed by atoms with Crippen molar-refractivity contribution in [2.75, 3.05) is 5.32 Å². The molecule has 3 rings (SSSR count). The lowest BCUT2D eigenvalue weighted by Crippen LogP contribution is -2.31. The zero-order valence-electron chi connectivity index (χ0n) is 10.4. The standard InChI is InChI=1S/C16H13BrN2/c17-13-5-3-6-14(10-13)19-16(11-18)9-8-12-4-1-2-7-15(12)16/h1-7,10,19H,8-9H2. The van der Waals surface area contributed by atoms with Crippen molar-refractivity contribution >= 4 is 21.6 Å². The molecule has 3 heteroatoms. The number of benzene rings is 2. The van der Waals surface area contributed by atoms with Gasteiger partial charge in [-0.05, 0) is 42.2 Å². The number of nitriles is 1. The number of nitrogens with zero attached hydrogens (tertiary/aromatic N) is 1. The van der Waals surface area contributed by atoms with Gasteiger partial charge in [-0.1, -0.05) is 46.3 Å². The summed E-state index contributed by atoms with van der Waals surface area (Å²) in [5.41, 5.74) is 2.74. The Balaban J connectivity index is 2.01. The maximum atomic E-state index is 9.67. The van der Waals surface area contributed by atoms with Crippen LogP contribution in [0.1, 0.15) is 17.5 Å². The summed E-state index contributed by atoms with van der Waals surface area (Å²) >= 11 is 3.46. The van der Waals surface area contributed by atoms with Crippen LogP contribution in [-0.2, 0) is 12.0 Å². The highest BCUT2D eigenvalue weighted by Crippen LogP contribution is 2.39. The minimum atomic E-state index is -0.600. The van der Waals surface area contributed by atoms with Gasteiger partial charge in [0.1, 0.15) is 0 Å². The van der Waals surface area contributed by atoms with E-state index in [1.807, 2.05) is 36.4 Å². The second-order valence-corrected chi connectivity index (χ2v) is 5.73. The van der Waals surface area contributed by atoms with E-state index in [2.05, 4.69) is 39.4 Å². The Kier molecular flexibility index (Phi) is 3.04. The average Bonchev–Trinajstić information content (AvgIpc) is 2.79. The number of nitrogens with one attached hydrogen (secondary N) is 1. The maximum absolute atomic E-state index is 9.67. The molecule has 0 fully saturated rings. The monoisotopic (exact) mass is 312 g/mol. The van der Waals surface area contributed by atoms with E-state index in [1.165, 1.54) is 5.56 Å². The van der Waals surface area contributed by atoms with E-state index in [1.54, 1.807) is 0 Å². The summed E-state index contributed by atoms with van der Waals surface area (Å²) in [5, 5.41) is 13.1. The second-order valence-electron chi connectivity index (χ2n) is 4.81. The molecule has 0 bridgehead atoms. The maximum Gasteiger partial charge on any atom is 0.151 e. The summed E-state index contributed by atoms with van der Waals surface area (Å²) in [6, 6.07) is 18.6. The van der Waals surface area contributed by atoms with Gasteiger partial charge >= 0.3 is 0 Å². The highest BCUT2D eigenvalue weighted by Gasteiger charge is 2.38. The molecule has 1 N–H and O–H groups in total. The molecule has 1 aliphatic carbocycles. The molecule has 94 valence electrons.